The summed E-state index contributed by atoms with van der Waals surface area (Å²) in [6, 6.07) is 22.4. The first-order valence-electron chi connectivity index (χ1n) is 8.66. The van der Waals surface area contributed by atoms with Gasteiger partial charge < -0.3 is 9.73 Å². The van der Waals surface area contributed by atoms with Crippen LogP contribution in [0.5, 0.6) is 0 Å². The molecular weight excluding hydrogens is 418 g/mol. The number of aryl methyl sites for hydroxylation is 1. The van der Waals surface area contributed by atoms with E-state index in [2.05, 4.69) is 31.4 Å². The summed E-state index contributed by atoms with van der Waals surface area (Å²) in [6.07, 6.45) is 0. The summed E-state index contributed by atoms with van der Waals surface area (Å²) in [5.41, 5.74) is 4.07. The molecule has 0 radical (unpaired) electrons. The molecule has 0 aliphatic carbocycles. The van der Waals surface area contributed by atoms with E-state index >= 15 is 0 Å². The van der Waals surface area contributed by atoms with Gasteiger partial charge in [-0.2, -0.15) is 0 Å². The summed E-state index contributed by atoms with van der Waals surface area (Å²) in [7, 11) is 0. The van der Waals surface area contributed by atoms with Crippen molar-refractivity contribution in [1.82, 2.24) is 10.2 Å². The smallest absolute Gasteiger partial charge is 0.255 e. The van der Waals surface area contributed by atoms with Crippen LogP contribution in [0.4, 0.5) is 5.69 Å². The fourth-order valence-corrected chi connectivity index (χ4v) is 2.92. The standard InChI is InChI=1S/C22H16BrN3O2/c1-14-2-4-16(5-3-14)21-25-26-22(28-21)17-8-6-15(7-9-17)20(27)24-19-12-10-18(23)11-13-19/h2-13H,1H3,(H,24,27). The van der Waals surface area contributed by atoms with Crippen molar-refractivity contribution in [3.8, 4) is 22.9 Å². The quantitative estimate of drug-likeness (QED) is 0.446. The summed E-state index contributed by atoms with van der Waals surface area (Å²) in [6.45, 7) is 2.03. The van der Waals surface area contributed by atoms with E-state index in [0.29, 0.717) is 17.3 Å². The SMILES string of the molecule is Cc1ccc(-c2nnc(-c3ccc(C(=O)Nc4ccc(Br)cc4)cc3)o2)cc1. The molecule has 0 unspecified atom stereocenters. The molecule has 138 valence electrons. The van der Waals surface area contributed by atoms with Crippen molar-refractivity contribution in [2.45, 2.75) is 6.92 Å². The van der Waals surface area contributed by atoms with E-state index in [9.17, 15) is 4.79 Å². The summed E-state index contributed by atoms with van der Waals surface area (Å²) in [5.74, 6) is 0.697. The Morgan fingerprint density at radius 1 is 0.821 bits per heavy atom. The number of nitrogens with one attached hydrogen (secondary N) is 1. The zero-order chi connectivity index (χ0) is 19.5. The van der Waals surface area contributed by atoms with Crippen molar-refractivity contribution in [3.05, 3.63) is 88.4 Å². The van der Waals surface area contributed by atoms with E-state index in [1.54, 1.807) is 24.3 Å². The third-order valence-electron chi connectivity index (χ3n) is 4.22. The summed E-state index contributed by atoms with van der Waals surface area (Å²) in [5, 5.41) is 11.1. The Labute approximate surface area is 170 Å². The third kappa shape index (κ3) is 4.02. The van der Waals surface area contributed by atoms with Gasteiger partial charge in [-0.25, -0.2) is 0 Å². The number of benzene rings is 3. The number of amides is 1. The highest BCUT2D eigenvalue weighted by molar-refractivity contribution is 9.10. The van der Waals surface area contributed by atoms with Crippen LogP contribution in [0, 0.1) is 6.92 Å². The topological polar surface area (TPSA) is 68.0 Å². The van der Waals surface area contributed by atoms with Gasteiger partial charge in [0.2, 0.25) is 11.8 Å². The van der Waals surface area contributed by atoms with Crippen molar-refractivity contribution in [3.63, 3.8) is 0 Å². The molecule has 28 heavy (non-hydrogen) atoms. The summed E-state index contributed by atoms with van der Waals surface area (Å²) < 4.78 is 6.73. The monoisotopic (exact) mass is 433 g/mol. The minimum atomic E-state index is -0.181. The van der Waals surface area contributed by atoms with Gasteiger partial charge in [-0.05, 0) is 67.6 Å². The molecule has 0 aliphatic rings. The largest absolute Gasteiger partial charge is 0.416 e. The molecule has 1 N–H and O–H groups in total. The van der Waals surface area contributed by atoms with Gasteiger partial charge >= 0.3 is 0 Å². The van der Waals surface area contributed by atoms with Gasteiger partial charge in [0, 0.05) is 26.9 Å². The average Bonchev–Trinajstić information content (AvgIpc) is 3.20. The number of carbonyl (C=O) groups excluding carboxylic acids is 1. The highest BCUT2D eigenvalue weighted by Gasteiger charge is 2.12. The number of hydrogen-bond donors (Lipinski definition) is 1. The number of anilines is 1. The lowest BCUT2D eigenvalue weighted by Crippen LogP contribution is -2.11. The van der Waals surface area contributed by atoms with E-state index in [1.807, 2.05) is 55.5 Å². The van der Waals surface area contributed by atoms with E-state index in [-0.39, 0.29) is 5.91 Å². The lowest BCUT2D eigenvalue weighted by molar-refractivity contribution is 0.102. The molecule has 0 saturated carbocycles. The van der Waals surface area contributed by atoms with Crippen molar-refractivity contribution in [2.75, 3.05) is 5.32 Å². The zero-order valence-electron chi connectivity index (χ0n) is 15.0. The zero-order valence-corrected chi connectivity index (χ0v) is 16.6. The van der Waals surface area contributed by atoms with E-state index in [4.69, 9.17) is 4.42 Å². The maximum atomic E-state index is 12.4. The molecule has 6 heteroatoms. The second-order valence-corrected chi connectivity index (χ2v) is 7.23. The lowest BCUT2D eigenvalue weighted by atomic mass is 10.1. The Hall–Kier alpha value is -3.25. The van der Waals surface area contributed by atoms with Crippen molar-refractivity contribution in [2.24, 2.45) is 0 Å². The number of hydrogen-bond acceptors (Lipinski definition) is 4. The van der Waals surface area contributed by atoms with Gasteiger partial charge in [-0.3, -0.25) is 4.79 Å². The van der Waals surface area contributed by atoms with Crippen LogP contribution in [0.2, 0.25) is 0 Å². The van der Waals surface area contributed by atoms with Crippen LogP contribution in [0.1, 0.15) is 15.9 Å². The fraction of sp³-hybridized carbons (Fsp3) is 0.0455. The Kier molecular flexibility index (Phi) is 5.04. The highest BCUT2D eigenvalue weighted by Crippen LogP contribution is 2.24. The van der Waals surface area contributed by atoms with Gasteiger partial charge in [0.1, 0.15) is 0 Å². The summed E-state index contributed by atoms with van der Waals surface area (Å²) >= 11 is 3.37. The van der Waals surface area contributed by atoms with E-state index < -0.39 is 0 Å². The number of nitrogens with zero attached hydrogens (tertiary/aromatic N) is 2. The molecule has 3 aromatic carbocycles. The van der Waals surface area contributed by atoms with Crippen molar-refractivity contribution >= 4 is 27.5 Å². The number of carbonyl (C=O) groups is 1. The minimum absolute atomic E-state index is 0.181. The first-order chi connectivity index (χ1) is 13.6. The maximum absolute atomic E-state index is 12.4. The Bertz CT molecular complexity index is 1100. The highest BCUT2D eigenvalue weighted by atomic mass is 79.9. The molecule has 4 rings (SSSR count). The molecule has 0 atom stereocenters. The Balaban J connectivity index is 1.49. The van der Waals surface area contributed by atoms with Crippen molar-refractivity contribution < 1.29 is 9.21 Å². The normalized spacial score (nSPS) is 10.6. The third-order valence-corrected chi connectivity index (χ3v) is 4.75. The molecule has 0 fully saturated rings. The molecule has 5 nitrogen and oxygen atoms in total. The molecule has 0 spiro atoms. The van der Waals surface area contributed by atoms with Gasteiger partial charge in [-0.15, -0.1) is 10.2 Å². The Morgan fingerprint density at radius 2 is 1.36 bits per heavy atom. The van der Waals surface area contributed by atoms with Crippen LogP contribution >= 0.6 is 15.9 Å². The van der Waals surface area contributed by atoms with Crippen molar-refractivity contribution in [1.29, 1.82) is 0 Å². The van der Waals surface area contributed by atoms with E-state index in [0.717, 1.165) is 21.3 Å². The predicted octanol–water partition coefficient (Wildman–Crippen LogP) is 5.73. The molecule has 0 saturated heterocycles. The number of halogens is 1. The number of rotatable bonds is 4. The molecular formula is C22H16BrN3O2. The molecule has 1 heterocycles. The van der Waals surface area contributed by atoms with E-state index in [1.165, 1.54) is 5.56 Å². The van der Waals surface area contributed by atoms with Gasteiger partial charge in [-0.1, -0.05) is 33.6 Å². The van der Waals surface area contributed by atoms with Crippen LogP contribution < -0.4 is 5.32 Å². The molecule has 4 aromatic rings. The van der Waals surface area contributed by atoms with Gasteiger partial charge in [0.15, 0.2) is 0 Å². The predicted molar refractivity (Wildman–Crippen MR) is 112 cm³/mol. The number of aromatic nitrogens is 2. The second kappa shape index (κ2) is 7.78. The second-order valence-electron chi connectivity index (χ2n) is 6.32. The van der Waals surface area contributed by atoms with Gasteiger partial charge in [0.05, 0.1) is 0 Å². The van der Waals surface area contributed by atoms with Gasteiger partial charge in [0.25, 0.3) is 5.91 Å². The van der Waals surface area contributed by atoms with Crippen LogP contribution in [0.25, 0.3) is 22.9 Å². The summed E-state index contributed by atoms with van der Waals surface area (Å²) in [4.78, 5) is 12.4. The Morgan fingerprint density at radius 3 is 1.93 bits per heavy atom. The van der Waals surface area contributed by atoms with Crippen LogP contribution in [0.15, 0.2) is 81.7 Å². The minimum Gasteiger partial charge on any atom is -0.416 e. The van der Waals surface area contributed by atoms with Crippen LogP contribution in [0.3, 0.4) is 0 Å². The lowest BCUT2D eigenvalue weighted by Gasteiger charge is -2.05. The van der Waals surface area contributed by atoms with Crippen LogP contribution in [-0.4, -0.2) is 16.1 Å². The maximum Gasteiger partial charge on any atom is 0.255 e. The van der Waals surface area contributed by atoms with Crippen LogP contribution in [-0.2, 0) is 0 Å². The molecule has 1 amide bonds. The molecule has 0 aliphatic heterocycles. The first kappa shape index (κ1) is 18.1. The molecule has 1 aromatic heterocycles. The average molecular weight is 434 g/mol. The fourth-order valence-electron chi connectivity index (χ4n) is 2.65. The molecule has 0 bridgehead atoms. The first-order valence-corrected chi connectivity index (χ1v) is 9.46.